The van der Waals surface area contributed by atoms with Crippen LogP contribution in [0.4, 0.5) is 4.39 Å². The fourth-order valence-electron chi connectivity index (χ4n) is 3.51. The molecule has 154 valence electrons. The van der Waals surface area contributed by atoms with E-state index in [1.807, 2.05) is 67.6 Å². The third-order valence-corrected chi connectivity index (χ3v) is 5.28. The summed E-state index contributed by atoms with van der Waals surface area (Å²) in [6, 6.07) is 23.8. The molecule has 0 heterocycles. The summed E-state index contributed by atoms with van der Waals surface area (Å²) >= 11 is 0. The maximum absolute atomic E-state index is 13.6. The van der Waals surface area contributed by atoms with Gasteiger partial charge in [0.25, 0.3) is 0 Å². The lowest BCUT2D eigenvalue weighted by molar-refractivity contribution is -0.145. The molecule has 5 heteroatoms. The number of hydrogen-bond acceptors (Lipinski definition) is 3. The van der Waals surface area contributed by atoms with Crippen LogP contribution in [0.1, 0.15) is 23.6 Å². The number of rotatable bonds is 7. The van der Waals surface area contributed by atoms with E-state index in [0.29, 0.717) is 5.56 Å². The van der Waals surface area contributed by atoms with Crippen molar-refractivity contribution in [1.29, 1.82) is 0 Å². The van der Waals surface area contributed by atoms with Crippen molar-refractivity contribution in [3.63, 3.8) is 0 Å². The topological polar surface area (TPSA) is 55.4 Å². The fourth-order valence-corrected chi connectivity index (χ4v) is 3.51. The van der Waals surface area contributed by atoms with E-state index in [1.54, 1.807) is 12.1 Å². The van der Waals surface area contributed by atoms with Crippen molar-refractivity contribution in [3.8, 4) is 0 Å². The minimum absolute atomic E-state index is 0.121. The number of methoxy groups -OCH3 is 1. The maximum Gasteiger partial charge on any atom is 0.328 e. The van der Waals surface area contributed by atoms with Gasteiger partial charge >= 0.3 is 5.97 Å². The second-order valence-corrected chi connectivity index (χ2v) is 7.24. The highest BCUT2D eigenvalue weighted by atomic mass is 19.1. The lowest BCUT2D eigenvalue weighted by Crippen LogP contribution is -2.51. The highest BCUT2D eigenvalue weighted by Crippen LogP contribution is 2.32. The van der Waals surface area contributed by atoms with Gasteiger partial charge in [0, 0.05) is 6.42 Å². The molecule has 0 aliphatic carbocycles. The molecule has 0 saturated heterocycles. The standard InChI is InChI=1S/C25H24FNO3/c1-25(19-11-5-3-6-12-19,20-13-7-4-8-14-20)24(29)27-22(23(28)30-2)17-18-10-9-15-21(26)16-18/h3-16,22H,17H2,1-2H3,(H,27,29)/t22-/m0/s1. The molecule has 30 heavy (non-hydrogen) atoms. The van der Waals surface area contributed by atoms with E-state index < -0.39 is 23.2 Å². The molecule has 0 aliphatic heterocycles. The largest absolute Gasteiger partial charge is 0.467 e. The Balaban J connectivity index is 1.95. The van der Waals surface area contributed by atoms with E-state index in [9.17, 15) is 14.0 Å². The van der Waals surface area contributed by atoms with Gasteiger partial charge in [-0.15, -0.1) is 0 Å². The number of ether oxygens (including phenoxy) is 1. The Labute approximate surface area is 175 Å². The first-order valence-electron chi connectivity index (χ1n) is 9.69. The molecule has 1 amide bonds. The van der Waals surface area contributed by atoms with Crippen LogP contribution < -0.4 is 5.32 Å². The molecule has 0 spiro atoms. The van der Waals surface area contributed by atoms with Gasteiger partial charge in [-0.2, -0.15) is 0 Å². The summed E-state index contributed by atoms with van der Waals surface area (Å²) in [5, 5.41) is 2.84. The molecule has 0 unspecified atom stereocenters. The predicted octanol–water partition coefficient (Wildman–Crippen LogP) is 4.03. The van der Waals surface area contributed by atoms with Gasteiger partial charge in [0.05, 0.1) is 12.5 Å². The Morgan fingerprint density at radius 3 is 2.00 bits per heavy atom. The van der Waals surface area contributed by atoms with Crippen molar-refractivity contribution >= 4 is 11.9 Å². The SMILES string of the molecule is COC(=O)[C@H](Cc1cccc(F)c1)NC(=O)C(C)(c1ccccc1)c1ccccc1. The van der Waals surface area contributed by atoms with Gasteiger partial charge < -0.3 is 10.1 Å². The molecule has 0 aliphatic rings. The summed E-state index contributed by atoms with van der Waals surface area (Å²) in [6.07, 6.45) is 0.121. The van der Waals surface area contributed by atoms with E-state index in [0.717, 1.165) is 11.1 Å². The summed E-state index contributed by atoms with van der Waals surface area (Å²) in [6.45, 7) is 1.82. The minimum Gasteiger partial charge on any atom is -0.467 e. The Morgan fingerprint density at radius 2 is 1.50 bits per heavy atom. The number of esters is 1. The molecule has 0 bridgehead atoms. The van der Waals surface area contributed by atoms with Crippen LogP contribution in [0.25, 0.3) is 0 Å². The summed E-state index contributed by atoms with van der Waals surface area (Å²) in [5.41, 5.74) is 1.15. The highest BCUT2D eigenvalue weighted by molar-refractivity contribution is 5.94. The number of benzene rings is 3. The second-order valence-electron chi connectivity index (χ2n) is 7.24. The molecule has 0 radical (unpaired) electrons. The number of hydrogen-bond donors (Lipinski definition) is 1. The zero-order chi connectivity index (χ0) is 21.6. The zero-order valence-corrected chi connectivity index (χ0v) is 17.0. The highest BCUT2D eigenvalue weighted by Gasteiger charge is 2.39. The number of nitrogens with one attached hydrogen (secondary N) is 1. The van der Waals surface area contributed by atoms with Crippen LogP contribution >= 0.6 is 0 Å². The van der Waals surface area contributed by atoms with Gasteiger partial charge in [-0.3, -0.25) is 4.79 Å². The number of carbonyl (C=O) groups is 2. The average Bonchev–Trinajstić information content (AvgIpc) is 2.78. The number of amides is 1. The molecule has 4 nitrogen and oxygen atoms in total. The Morgan fingerprint density at radius 1 is 0.933 bits per heavy atom. The summed E-state index contributed by atoms with van der Waals surface area (Å²) in [4.78, 5) is 26.0. The van der Waals surface area contributed by atoms with Gasteiger partial charge in [-0.25, -0.2) is 9.18 Å². The van der Waals surface area contributed by atoms with Gasteiger partial charge in [0.1, 0.15) is 11.9 Å². The number of halogens is 1. The minimum atomic E-state index is -1.03. The van der Waals surface area contributed by atoms with Gasteiger partial charge in [-0.05, 0) is 35.7 Å². The molecular formula is C25H24FNO3. The molecular weight excluding hydrogens is 381 g/mol. The van der Waals surface area contributed by atoms with E-state index in [2.05, 4.69) is 5.32 Å². The van der Waals surface area contributed by atoms with Crippen LogP contribution in [0.2, 0.25) is 0 Å². The van der Waals surface area contributed by atoms with Crippen LogP contribution in [0.15, 0.2) is 84.9 Å². The van der Waals surface area contributed by atoms with Crippen molar-refractivity contribution in [1.82, 2.24) is 5.32 Å². The summed E-state index contributed by atoms with van der Waals surface area (Å²) < 4.78 is 18.5. The Hall–Kier alpha value is -3.47. The van der Waals surface area contributed by atoms with Crippen LogP contribution in [0.5, 0.6) is 0 Å². The molecule has 0 saturated carbocycles. The lowest BCUT2D eigenvalue weighted by atomic mass is 9.75. The zero-order valence-electron chi connectivity index (χ0n) is 17.0. The van der Waals surface area contributed by atoms with Crippen molar-refractivity contribution in [2.45, 2.75) is 24.8 Å². The number of carbonyl (C=O) groups excluding carboxylic acids is 2. The Bertz CT molecular complexity index is 966. The third kappa shape index (κ3) is 4.57. The van der Waals surface area contributed by atoms with Crippen LogP contribution in [-0.4, -0.2) is 25.0 Å². The molecule has 3 aromatic rings. The monoisotopic (exact) mass is 405 g/mol. The average molecular weight is 405 g/mol. The van der Waals surface area contributed by atoms with E-state index in [4.69, 9.17) is 4.74 Å². The van der Waals surface area contributed by atoms with Crippen LogP contribution in [-0.2, 0) is 26.2 Å². The van der Waals surface area contributed by atoms with Gasteiger partial charge in [0.2, 0.25) is 5.91 Å². The smallest absolute Gasteiger partial charge is 0.328 e. The molecule has 0 fully saturated rings. The molecule has 3 aromatic carbocycles. The molecule has 1 N–H and O–H groups in total. The normalized spacial score (nSPS) is 12.1. The van der Waals surface area contributed by atoms with Crippen molar-refractivity contribution < 1.29 is 18.7 Å². The second kappa shape index (κ2) is 9.35. The van der Waals surface area contributed by atoms with E-state index in [-0.39, 0.29) is 12.3 Å². The fraction of sp³-hybridized carbons (Fsp3) is 0.200. The lowest BCUT2D eigenvalue weighted by Gasteiger charge is -2.31. The van der Waals surface area contributed by atoms with Crippen molar-refractivity contribution in [3.05, 3.63) is 107 Å². The summed E-state index contributed by atoms with van der Waals surface area (Å²) in [7, 11) is 1.26. The van der Waals surface area contributed by atoms with Crippen molar-refractivity contribution in [2.24, 2.45) is 0 Å². The first-order chi connectivity index (χ1) is 14.4. The summed E-state index contributed by atoms with van der Waals surface area (Å²) in [5.74, 6) is -1.33. The van der Waals surface area contributed by atoms with Crippen LogP contribution in [0, 0.1) is 5.82 Å². The van der Waals surface area contributed by atoms with Crippen LogP contribution in [0.3, 0.4) is 0 Å². The first-order valence-corrected chi connectivity index (χ1v) is 9.69. The van der Waals surface area contributed by atoms with Gasteiger partial charge in [0.15, 0.2) is 0 Å². The molecule has 0 aromatic heterocycles. The van der Waals surface area contributed by atoms with Crippen molar-refractivity contribution in [2.75, 3.05) is 7.11 Å². The Kier molecular flexibility index (Phi) is 6.62. The van der Waals surface area contributed by atoms with Gasteiger partial charge in [-0.1, -0.05) is 72.8 Å². The quantitative estimate of drug-likeness (QED) is 0.604. The third-order valence-electron chi connectivity index (χ3n) is 5.28. The maximum atomic E-state index is 13.6. The molecule has 1 atom stereocenters. The first kappa shape index (κ1) is 21.2. The van der Waals surface area contributed by atoms with E-state index in [1.165, 1.54) is 19.2 Å². The van der Waals surface area contributed by atoms with E-state index >= 15 is 0 Å². The molecule has 3 rings (SSSR count). The predicted molar refractivity (Wildman–Crippen MR) is 113 cm³/mol.